The number of H-pyrrole nitrogens is 1. The fourth-order valence-electron chi connectivity index (χ4n) is 2.64. The van der Waals surface area contributed by atoms with Gasteiger partial charge >= 0.3 is 0 Å². The molecule has 0 unspecified atom stereocenters. The SMILES string of the molecule is Cc1ccc(NC(=O)Cc2c(C)nc(SCc3cccc(Cl)c3)[nH]c2=O)cc1. The van der Waals surface area contributed by atoms with Crippen molar-refractivity contribution in [3.63, 3.8) is 0 Å². The van der Waals surface area contributed by atoms with Crippen LogP contribution < -0.4 is 10.9 Å². The Labute approximate surface area is 172 Å². The summed E-state index contributed by atoms with van der Waals surface area (Å²) in [4.78, 5) is 31.9. The number of carbonyl (C=O) groups excluding carboxylic acids is 1. The van der Waals surface area contributed by atoms with Gasteiger partial charge in [0.05, 0.1) is 6.42 Å². The Bertz CT molecular complexity index is 1050. The summed E-state index contributed by atoms with van der Waals surface area (Å²) in [5.41, 5.74) is 3.49. The molecule has 0 aliphatic heterocycles. The molecular formula is C21H20ClN3O2S. The Hall–Kier alpha value is -2.57. The van der Waals surface area contributed by atoms with Gasteiger partial charge in [0.1, 0.15) is 0 Å². The average molecular weight is 414 g/mol. The Balaban J connectivity index is 1.66. The fraction of sp³-hybridized carbons (Fsp3) is 0.190. The molecule has 1 amide bonds. The molecular weight excluding hydrogens is 394 g/mol. The van der Waals surface area contributed by atoms with E-state index in [1.807, 2.05) is 55.5 Å². The van der Waals surface area contributed by atoms with Crippen molar-refractivity contribution in [2.45, 2.75) is 31.2 Å². The summed E-state index contributed by atoms with van der Waals surface area (Å²) < 4.78 is 0. The van der Waals surface area contributed by atoms with Crippen molar-refractivity contribution >= 4 is 35.0 Å². The van der Waals surface area contributed by atoms with Crippen molar-refractivity contribution < 1.29 is 4.79 Å². The van der Waals surface area contributed by atoms with Gasteiger partial charge in [-0.2, -0.15) is 0 Å². The highest BCUT2D eigenvalue weighted by atomic mass is 35.5. The fourth-order valence-corrected chi connectivity index (χ4v) is 3.70. The number of halogens is 1. The second-order valence-electron chi connectivity index (χ2n) is 6.44. The number of aryl methyl sites for hydroxylation is 2. The molecule has 0 fully saturated rings. The van der Waals surface area contributed by atoms with E-state index in [9.17, 15) is 9.59 Å². The van der Waals surface area contributed by atoms with E-state index in [0.29, 0.717) is 32.9 Å². The molecule has 0 bridgehead atoms. The molecule has 5 nitrogen and oxygen atoms in total. The molecule has 0 aliphatic rings. The third kappa shape index (κ3) is 5.47. The summed E-state index contributed by atoms with van der Waals surface area (Å²) in [6, 6.07) is 15.0. The van der Waals surface area contributed by atoms with Crippen LogP contribution in [0.5, 0.6) is 0 Å². The number of nitrogens with zero attached hydrogens (tertiary/aromatic N) is 1. The molecule has 2 aromatic carbocycles. The minimum absolute atomic E-state index is 0.0265. The van der Waals surface area contributed by atoms with E-state index in [4.69, 9.17) is 11.6 Å². The molecule has 0 saturated carbocycles. The van der Waals surface area contributed by atoms with Crippen molar-refractivity contribution in [1.82, 2.24) is 9.97 Å². The third-order valence-corrected chi connectivity index (χ3v) is 5.32. The van der Waals surface area contributed by atoms with E-state index in [0.717, 1.165) is 11.1 Å². The summed E-state index contributed by atoms with van der Waals surface area (Å²) in [5.74, 6) is 0.384. The van der Waals surface area contributed by atoms with Gasteiger partial charge in [0.2, 0.25) is 5.91 Å². The number of carbonyl (C=O) groups is 1. The molecule has 0 saturated heterocycles. The van der Waals surface area contributed by atoms with E-state index in [2.05, 4.69) is 15.3 Å². The van der Waals surface area contributed by atoms with Crippen LogP contribution in [-0.4, -0.2) is 15.9 Å². The van der Waals surface area contributed by atoms with Crippen molar-refractivity contribution in [2.24, 2.45) is 0 Å². The van der Waals surface area contributed by atoms with Crippen molar-refractivity contribution in [2.75, 3.05) is 5.32 Å². The van der Waals surface area contributed by atoms with Gasteiger partial charge in [-0.25, -0.2) is 4.98 Å². The molecule has 3 rings (SSSR count). The lowest BCUT2D eigenvalue weighted by atomic mass is 10.1. The van der Waals surface area contributed by atoms with E-state index < -0.39 is 0 Å². The van der Waals surface area contributed by atoms with Gasteiger partial charge in [0, 0.05) is 27.7 Å². The zero-order valence-corrected chi connectivity index (χ0v) is 17.2. The first kappa shape index (κ1) is 20.2. The van der Waals surface area contributed by atoms with E-state index >= 15 is 0 Å². The Morgan fingerprint density at radius 2 is 1.93 bits per heavy atom. The van der Waals surface area contributed by atoms with E-state index in [1.54, 1.807) is 6.92 Å². The summed E-state index contributed by atoms with van der Waals surface area (Å²) in [5, 5.41) is 3.99. The highest BCUT2D eigenvalue weighted by Gasteiger charge is 2.13. The standard InChI is InChI=1S/C21H20ClN3O2S/c1-13-6-8-17(9-7-13)24-19(26)11-18-14(2)23-21(25-20(18)27)28-12-15-4-3-5-16(22)10-15/h3-10H,11-12H2,1-2H3,(H,24,26)(H,23,25,27). The van der Waals surface area contributed by atoms with Crippen LogP contribution in [0.3, 0.4) is 0 Å². The van der Waals surface area contributed by atoms with E-state index in [1.165, 1.54) is 11.8 Å². The first-order chi connectivity index (χ1) is 13.4. The van der Waals surface area contributed by atoms with Crippen molar-refractivity contribution in [3.8, 4) is 0 Å². The average Bonchev–Trinajstić information content (AvgIpc) is 2.65. The molecule has 0 spiro atoms. The highest BCUT2D eigenvalue weighted by Crippen LogP contribution is 2.21. The zero-order valence-electron chi connectivity index (χ0n) is 15.6. The number of hydrogen-bond donors (Lipinski definition) is 2. The van der Waals surface area contributed by atoms with Crippen LogP contribution in [-0.2, 0) is 17.0 Å². The maximum atomic E-state index is 12.4. The second-order valence-corrected chi connectivity index (χ2v) is 7.85. The lowest BCUT2D eigenvalue weighted by Crippen LogP contribution is -2.23. The van der Waals surface area contributed by atoms with E-state index in [-0.39, 0.29) is 17.9 Å². The van der Waals surface area contributed by atoms with Crippen LogP contribution in [0.1, 0.15) is 22.4 Å². The molecule has 1 aromatic heterocycles. The number of thioether (sulfide) groups is 1. The number of amides is 1. The summed E-state index contributed by atoms with van der Waals surface area (Å²) in [7, 11) is 0. The summed E-state index contributed by atoms with van der Waals surface area (Å²) in [6.45, 7) is 3.72. The van der Waals surface area contributed by atoms with Gasteiger partial charge in [0.25, 0.3) is 5.56 Å². The quantitative estimate of drug-likeness (QED) is 0.460. The molecule has 144 valence electrons. The second kappa shape index (κ2) is 9.08. The van der Waals surface area contributed by atoms with Gasteiger partial charge in [-0.05, 0) is 43.7 Å². The maximum absolute atomic E-state index is 12.4. The van der Waals surface area contributed by atoms with Crippen LogP contribution in [0.15, 0.2) is 58.5 Å². The highest BCUT2D eigenvalue weighted by molar-refractivity contribution is 7.98. The lowest BCUT2D eigenvalue weighted by molar-refractivity contribution is -0.115. The molecule has 28 heavy (non-hydrogen) atoms. The van der Waals surface area contributed by atoms with Gasteiger partial charge in [-0.15, -0.1) is 0 Å². The van der Waals surface area contributed by atoms with Crippen LogP contribution in [0.2, 0.25) is 5.02 Å². The summed E-state index contributed by atoms with van der Waals surface area (Å²) in [6.07, 6.45) is -0.0265. The van der Waals surface area contributed by atoms with Crippen LogP contribution >= 0.6 is 23.4 Å². The number of anilines is 1. The third-order valence-electron chi connectivity index (χ3n) is 4.14. The predicted molar refractivity (Wildman–Crippen MR) is 114 cm³/mol. The number of benzene rings is 2. The summed E-state index contributed by atoms with van der Waals surface area (Å²) >= 11 is 7.41. The molecule has 0 atom stereocenters. The number of rotatable bonds is 6. The first-order valence-corrected chi connectivity index (χ1v) is 10.1. The van der Waals surface area contributed by atoms with Gasteiger partial charge in [-0.1, -0.05) is 53.2 Å². The molecule has 7 heteroatoms. The molecule has 0 aliphatic carbocycles. The molecule has 0 radical (unpaired) electrons. The van der Waals surface area contributed by atoms with Crippen molar-refractivity contribution in [3.05, 3.63) is 86.3 Å². The molecule has 2 N–H and O–H groups in total. The molecule has 1 heterocycles. The topological polar surface area (TPSA) is 74.8 Å². The van der Waals surface area contributed by atoms with Gasteiger partial charge in [-0.3, -0.25) is 9.59 Å². The monoisotopic (exact) mass is 413 g/mol. The van der Waals surface area contributed by atoms with Gasteiger partial charge < -0.3 is 10.3 Å². The van der Waals surface area contributed by atoms with Crippen LogP contribution in [0.4, 0.5) is 5.69 Å². The maximum Gasteiger partial charge on any atom is 0.255 e. The molecule has 3 aromatic rings. The number of nitrogens with one attached hydrogen (secondary N) is 2. The van der Waals surface area contributed by atoms with Gasteiger partial charge in [0.15, 0.2) is 5.16 Å². The lowest BCUT2D eigenvalue weighted by Gasteiger charge is -2.08. The minimum atomic E-state index is -0.292. The van der Waals surface area contributed by atoms with Crippen LogP contribution in [0.25, 0.3) is 0 Å². The number of hydrogen-bond acceptors (Lipinski definition) is 4. The Kier molecular flexibility index (Phi) is 6.54. The number of aromatic nitrogens is 2. The smallest absolute Gasteiger partial charge is 0.255 e. The predicted octanol–water partition coefficient (Wildman–Crippen LogP) is 4.51. The minimum Gasteiger partial charge on any atom is -0.326 e. The normalized spacial score (nSPS) is 10.7. The Morgan fingerprint density at radius 3 is 2.61 bits per heavy atom. The zero-order chi connectivity index (χ0) is 20.1. The number of aromatic amines is 1. The van der Waals surface area contributed by atoms with Crippen molar-refractivity contribution in [1.29, 1.82) is 0 Å². The van der Waals surface area contributed by atoms with Crippen LogP contribution in [0, 0.1) is 13.8 Å². The first-order valence-electron chi connectivity index (χ1n) is 8.74. The largest absolute Gasteiger partial charge is 0.326 e. The Morgan fingerprint density at radius 1 is 1.18 bits per heavy atom.